The number of anilines is 1. The fraction of sp³-hybridized carbons (Fsp3) is 0.176. The van der Waals surface area contributed by atoms with Crippen LogP contribution in [-0.2, 0) is 4.79 Å². The predicted octanol–water partition coefficient (Wildman–Crippen LogP) is 4.13. The first-order chi connectivity index (χ1) is 10.4. The number of hydrogen-bond donors (Lipinski definition) is 1. The van der Waals surface area contributed by atoms with Crippen molar-refractivity contribution in [3.8, 4) is 5.75 Å². The van der Waals surface area contributed by atoms with Gasteiger partial charge in [0.05, 0.1) is 5.56 Å². The van der Waals surface area contributed by atoms with Crippen LogP contribution >= 0.6 is 11.6 Å². The molecule has 0 aromatic heterocycles. The van der Waals surface area contributed by atoms with Crippen molar-refractivity contribution in [1.29, 1.82) is 0 Å². The Hall–Kier alpha value is -2.33. The van der Waals surface area contributed by atoms with Gasteiger partial charge < -0.3 is 10.1 Å². The standard InChI is InChI=1S/C17H16ClNO3/c1-10-7-11(2)16(22-12(3)20)15(8-10)17(21)19-14-6-4-5-13(18)9-14/h4-9H,1-3H3,(H,19,21). The van der Waals surface area contributed by atoms with Gasteiger partial charge >= 0.3 is 5.97 Å². The van der Waals surface area contributed by atoms with Crippen LogP contribution in [0.1, 0.15) is 28.4 Å². The van der Waals surface area contributed by atoms with E-state index in [4.69, 9.17) is 16.3 Å². The Labute approximate surface area is 134 Å². The molecule has 0 heterocycles. The molecule has 22 heavy (non-hydrogen) atoms. The first-order valence-corrected chi connectivity index (χ1v) is 7.11. The first kappa shape index (κ1) is 16.0. The molecule has 0 unspecified atom stereocenters. The van der Waals surface area contributed by atoms with Gasteiger partial charge in [0, 0.05) is 17.6 Å². The van der Waals surface area contributed by atoms with Crippen molar-refractivity contribution < 1.29 is 14.3 Å². The molecule has 2 rings (SSSR count). The molecule has 1 amide bonds. The second-order valence-electron chi connectivity index (χ2n) is 5.02. The molecule has 0 aliphatic rings. The smallest absolute Gasteiger partial charge is 0.308 e. The number of hydrogen-bond acceptors (Lipinski definition) is 3. The number of benzene rings is 2. The van der Waals surface area contributed by atoms with Crippen LogP contribution in [0.4, 0.5) is 5.69 Å². The number of aryl methyl sites for hydroxylation is 2. The van der Waals surface area contributed by atoms with E-state index in [1.54, 1.807) is 37.3 Å². The van der Waals surface area contributed by atoms with Gasteiger partial charge in [-0.1, -0.05) is 23.7 Å². The van der Waals surface area contributed by atoms with E-state index < -0.39 is 5.97 Å². The molecule has 0 spiro atoms. The van der Waals surface area contributed by atoms with Crippen molar-refractivity contribution in [3.63, 3.8) is 0 Å². The number of halogens is 1. The summed E-state index contributed by atoms with van der Waals surface area (Å²) in [5.74, 6) is -0.549. The summed E-state index contributed by atoms with van der Waals surface area (Å²) >= 11 is 5.90. The van der Waals surface area contributed by atoms with Gasteiger partial charge in [0.15, 0.2) is 0 Å². The lowest BCUT2D eigenvalue weighted by Crippen LogP contribution is -2.16. The normalized spacial score (nSPS) is 10.2. The van der Waals surface area contributed by atoms with E-state index >= 15 is 0 Å². The van der Waals surface area contributed by atoms with Gasteiger partial charge in [0.25, 0.3) is 5.91 Å². The topological polar surface area (TPSA) is 55.4 Å². The Morgan fingerprint density at radius 1 is 1.14 bits per heavy atom. The molecule has 0 aliphatic carbocycles. The summed E-state index contributed by atoms with van der Waals surface area (Å²) in [5.41, 5.74) is 2.52. The Bertz CT molecular complexity index is 741. The zero-order chi connectivity index (χ0) is 16.3. The molecule has 114 valence electrons. The van der Waals surface area contributed by atoms with E-state index in [1.165, 1.54) is 6.92 Å². The molecular formula is C17H16ClNO3. The maximum absolute atomic E-state index is 12.5. The van der Waals surface area contributed by atoms with Gasteiger partial charge in [0.1, 0.15) is 5.75 Å². The second-order valence-corrected chi connectivity index (χ2v) is 5.45. The molecule has 0 saturated heterocycles. The summed E-state index contributed by atoms with van der Waals surface area (Å²) in [7, 11) is 0. The number of ether oxygens (including phenoxy) is 1. The number of carbonyl (C=O) groups is 2. The minimum atomic E-state index is -0.469. The van der Waals surface area contributed by atoms with Crippen molar-refractivity contribution in [2.75, 3.05) is 5.32 Å². The molecule has 2 aromatic rings. The summed E-state index contributed by atoms with van der Waals surface area (Å²) in [6, 6.07) is 10.4. The highest BCUT2D eigenvalue weighted by molar-refractivity contribution is 6.31. The Balaban J connectivity index is 2.37. The van der Waals surface area contributed by atoms with Crippen molar-refractivity contribution in [3.05, 3.63) is 58.1 Å². The van der Waals surface area contributed by atoms with Gasteiger partial charge in [-0.25, -0.2) is 0 Å². The zero-order valence-corrected chi connectivity index (χ0v) is 13.3. The molecule has 0 saturated carbocycles. The summed E-state index contributed by atoms with van der Waals surface area (Å²) in [6.45, 7) is 4.97. The van der Waals surface area contributed by atoms with Gasteiger partial charge in [-0.2, -0.15) is 0 Å². The maximum atomic E-state index is 12.5. The largest absolute Gasteiger partial charge is 0.426 e. The summed E-state index contributed by atoms with van der Waals surface area (Å²) in [5, 5.41) is 3.28. The van der Waals surface area contributed by atoms with E-state index in [0.717, 1.165) is 11.1 Å². The molecule has 0 radical (unpaired) electrons. The fourth-order valence-electron chi connectivity index (χ4n) is 2.17. The third kappa shape index (κ3) is 3.86. The number of amides is 1. The van der Waals surface area contributed by atoms with Crippen LogP contribution in [0.5, 0.6) is 5.75 Å². The molecule has 0 fully saturated rings. The lowest BCUT2D eigenvalue weighted by atomic mass is 10.0. The average Bonchev–Trinajstić information content (AvgIpc) is 2.41. The molecule has 4 nitrogen and oxygen atoms in total. The van der Waals surface area contributed by atoms with Crippen LogP contribution in [0.2, 0.25) is 5.02 Å². The summed E-state index contributed by atoms with van der Waals surface area (Å²) < 4.78 is 5.19. The van der Waals surface area contributed by atoms with Gasteiger partial charge in [0.2, 0.25) is 0 Å². The summed E-state index contributed by atoms with van der Waals surface area (Å²) in [6.07, 6.45) is 0. The van der Waals surface area contributed by atoms with Crippen LogP contribution in [0.15, 0.2) is 36.4 Å². The lowest BCUT2D eigenvalue weighted by molar-refractivity contribution is -0.131. The van der Waals surface area contributed by atoms with Gasteiger partial charge in [-0.3, -0.25) is 9.59 Å². The summed E-state index contributed by atoms with van der Waals surface area (Å²) in [4.78, 5) is 23.7. The van der Waals surface area contributed by atoms with Crippen molar-refractivity contribution in [2.24, 2.45) is 0 Å². The number of nitrogens with one attached hydrogen (secondary N) is 1. The van der Waals surface area contributed by atoms with Crippen LogP contribution in [0, 0.1) is 13.8 Å². The average molecular weight is 318 g/mol. The fourth-order valence-corrected chi connectivity index (χ4v) is 2.36. The van der Waals surface area contributed by atoms with E-state index in [0.29, 0.717) is 16.3 Å². The van der Waals surface area contributed by atoms with Crippen molar-refractivity contribution in [2.45, 2.75) is 20.8 Å². The number of esters is 1. The third-order valence-electron chi connectivity index (χ3n) is 2.99. The minimum absolute atomic E-state index is 0.276. The van der Waals surface area contributed by atoms with E-state index in [-0.39, 0.29) is 11.7 Å². The Morgan fingerprint density at radius 2 is 1.86 bits per heavy atom. The molecule has 1 N–H and O–H groups in total. The highest BCUT2D eigenvalue weighted by Crippen LogP contribution is 2.27. The predicted molar refractivity (Wildman–Crippen MR) is 86.6 cm³/mol. The minimum Gasteiger partial charge on any atom is -0.426 e. The van der Waals surface area contributed by atoms with Crippen LogP contribution < -0.4 is 10.1 Å². The maximum Gasteiger partial charge on any atom is 0.308 e. The van der Waals surface area contributed by atoms with E-state index in [9.17, 15) is 9.59 Å². The first-order valence-electron chi connectivity index (χ1n) is 6.73. The van der Waals surface area contributed by atoms with E-state index in [2.05, 4.69) is 5.32 Å². The number of rotatable bonds is 3. The highest BCUT2D eigenvalue weighted by atomic mass is 35.5. The second kappa shape index (κ2) is 6.62. The quantitative estimate of drug-likeness (QED) is 0.684. The van der Waals surface area contributed by atoms with E-state index in [1.807, 2.05) is 13.0 Å². The lowest BCUT2D eigenvalue weighted by Gasteiger charge is -2.13. The Kier molecular flexibility index (Phi) is 4.83. The van der Waals surface area contributed by atoms with Crippen molar-refractivity contribution in [1.82, 2.24) is 0 Å². The molecule has 5 heteroatoms. The third-order valence-corrected chi connectivity index (χ3v) is 3.23. The number of carbonyl (C=O) groups excluding carboxylic acids is 2. The molecule has 0 atom stereocenters. The van der Waals surface area contributed by atoms with Crippen molar-refractivity contribution >= 4 is 29.2 Å². The van der Waals surface area contributed by atoms with Gasteiger partial charge in [-0.15, -0.1) is 0 Å². The van der Waals surface area contributed by atoms with Crippen LogP contribution in [0.25, 0.3) is 0 Å². The highest BCUT2D eigenvalue weighted by Gasteiger charge is 2.17. The van der Waals surface area contributed by atoms with Crippen LogP contribution in [0.3, 0.4) is 0 Å². The molecule has 0 aliphatic heterocycles. The molecule has 2 aromatic carbocycles. The van der Waals surface area contributed by atoms with Crippen LogP contribution in [-0.4, -0.2) is 11.9 Å². The zero-order valence-electron chi connectivity index (χ0n) is 12.6. The monoisotopic (exact) mass is 317 g/mol. The molecular weight excluding hydrogens is 302 g/mol. The van der Waals surface area contributed by atoms with Gasteiger partial charge in [-0.05, 0) is 49.2 Å². The molecule has 0 bridgehead atoms. The Morgan fingerprint density at radius 3 is 2.50 bits per heavy atom. The SMILES string of the molecule is CC(=O)Oc1c(C)cc(C)cc1C(=O)Nc1cccc(Cl)c1.